The first-order valence-corrected chi connectivity index (χ1v) is 4.47. The van der Waals surface area contributed by atoms with Gasteiger partial charge in [0.25, 0.3) is 0 Å². The number of rotatable bonds is 2. The Balaban J connectivity index is 0.000000845. The highest BCUT2D eigenvalue weighted by Crippen LogP contribution is 2.09. The van der Waals surface area contributed by atoms with Crippen molar-refractivity contribution in [1.82, 2.24) is 15.1 Å². The summed E-state index contributed by atoms with van der Waals surface area (Å²) in [5, 5.41) is 7.69. The second kappa shape index (κ2) is 5.59. The molecule has 1 saturated heterocycles. The third kappa shape index (κ3) is 2.87. The Labute approximate surface area is 97.1 Å². The van der Waals surface area contributed by atoms with Crippen molar-refractivity contribution in [3.05, 3.63) is 17.5 Å². The molecule has 2 rings (SSSR count). The summed E-state index contributed by atoms with van der Waals surface area (Å²) in [5.41, 5.74) is 2.40. The van der Waals surface area contributed by atoms with Gasteiger partial charge in [-0.25, -0.2) is 0 Å². The van der Waals surface area contributed by atoms with Crippen LogP contribution in [0.15, 0.2) is 6.07 Å². The van der Waals surface area contributed by atoms with Gasteiger partial charge in [0.2, 0.25) is 0 Å². The third-order valence-corrected chi connectivity index (χ3v) is 2.40. The van der Waals surface area contributed by atoms with Crippen molar-refractivity contribution in [3.63, 3.8) is 0 Å². The first-order chi connectivity index (χ1) is 5.75. The van der Waals surface area contributed by atoms with Crippen LogP contribution in [-0.4, -0.2) is 22.9 Å². The fourth-order valence-electron chi connectivity index (χ4n) is 1.58. The number of hydrogen-bond acceptors (Lipinski definition) is 2. The van der Waals surface area contributed by atoms with Crippen LogP contribution in [0.2, 0.25) is 0 Å². The first kappa shape index (κ1) is 13.8. The lowest BCUT2D eigenvalue weighted by atomic mass is 10.0. The molecular weight excluding hydrogens is 221 g/mol. The van der Waals surface area contributed by atoms with Gasteiger partial charge in [-0.3, -0.25) is 4.68 Å². The van der Waals surface area contributed by atoms with Gasteiger partial charge in [0, 0.05) is 31.2 Å². The van der Waals surface area contributed by atoms with E-state index in [1.54, 1.807) is 0 Å². The Hall–Kier alpha value is -0.250. The zero-order valence-corrected chi connectivity index (χ0v) is 10.1. The van der Waals surface area contributed by atoms with E-state index in [2.05, 4.69) is 28.1 Å². The third-order valence-electron chi connectivity index (χ3n) is 2.40. The molecule has 1 aromatic heterocycles. The number of hydrogen-bond donors (Lipinski definition) is 1. The van der Waals surface area contributed by atoms with Gasteiger partial charge < -0.3 is 5.32 Å². The average Bonchev–Trinajstić information content (AvgIpc) is 2.21. The molecule has 0 bridgehead atoms. The molecule has 0 atom stereocenters. The van der Waals surface area contributed by atoms with Crippen molar-refractivity contribution in [1.29, 1.82) is 0 Å². The van der Waals surface area contributed by atoms with Crippen molar-refractivity contribution < 1.29 is 0 Å². The van der Waals surface area contributed by atoms with Gasteiger partial charge in [0.05, 0.1) is 5.69 Å². The predicted molar refractivity (Wildman–Crippen MR) is 62.6 cm³/mol. The van der Waals surface area contributed by atoms with Crippen LogP contribution in [0.1, 0.15) is 11.4 Å². The Morgan fingerprint density at radius 2 is 2.07 bits per heavy atom. The fraction of sp³-hybridized carbons (Fsp3) is 0.667. The lowest BCUT2D eigenvalue weighted by molar-refractivity contribution is 0.293. The zero-order chi connectivity index (χ0) is 8.55. The maximum Gasteiger partial charge on any atom is 0.0596 e. The van der Waals surface area contributed by atoms with Crippen LogP contribution in [0, 0.1) is 19.8 Å². The Bertz CT molecular complexity index is 282. The number of nitrogens with zero attached hydrogens (tertiary/aromatic N) is 2. The quantitative estimate of drug-likeness (QED) is 0.847. The number of halogens is 2. The van der Waals surface area contributed by atoms with Crippen LogP contribution >= 0.6 is 24.8 Å². The fourth-order valence-corrected chi connectivity index (χ4v) is 1.58. The van der Waals surface area contributed by atoms with Crippen LogP contribution in [0.5, 0.6) is 0 Å². The van der Waals surface area contributed by atoms with Gasteiger partial charge in [-0.1, -0.05) is 0 Å². The molecule has 3 nitrogen and oxygen atoms in total. The van der Waals surface area contributed by atoms with E-state index in [1.807, 2.05) is 6.92 Å². The van der Waals surface area contributed by atoms with Gasteiger partial charge in [-0.15, -0.1) is 24.8 Å². The van der Waals surface area contributed by atoms with Crippen molar-refractivity contribution in [3.8, 4) is 0 Å². The highest BCUT2D eigenvalue weighted by atomic mass is 35.5. The number of aryl methyl sites for hydroxylation is 2. The van der Waals surface area contributed by atoms with Crippen molar-refractivity contribution in [2.24, 2.45) is 5.92 Å². The van der Waals surface area contributed by atoms with E-state index >= 15 is 0 Å². The maximum atomic E-state index is 4.42. The van der Waals surface area contributed by atoms with Gasteiger partial charge in [-0.05, 0) is 19.9 Å². The molecule has 0 unspecified atom stereocenters. The maximum absolute atomic E-state index is 4.42. The summed E-state index contributed by atoms with van der Waals surface area (Å²) in [6, 6.07) is 2.13. The molecule has 14 heavy (non-hydrogen) atoms. The molecule has 1 N–H and O–H groups in total. The lowest BCUT2D eigenvalue weighted by Crippen LogP contribution is -2.44. The predicted octanol–water partition coefficient (Wildman–Crippen LogP) is 1.56. The Kier molecular flexibility index (Phi) is 5.49. The molecule has 0 aromatic carbocycles. The molecule has 1 aliphatic heterocycles. The molecule has 2 heterocycles. The standard InChI is InChI=1S/C9H15N3.2ClH/c1-7-3-8(2)12(11-7)6-9-4-10-5-9;;/h3,9-10H,4-6H2,1-2H3;2*1H. The average molecular weight is 238 g/mol. The highest BCUT2D eigenvalue weighted by Gasteiger charge is 2.17. The second-order valence-corrected chi connectivity index (χ2v) is 3.63. The van der Waals surface area contributed by atoms with E-state index in [1.165, 1.54) is 5.69 Å². The monoisotopic (exact) mass is 237 g/mol. The van der Waals surface area contributed by atoms with Crippen molar-refractivity contribution in [2.45, 2.75) is 20.4 Å². The first-order valence-electron chi connectivity index (χ1n) is 4.47. The van der Waals surface area contributed by atoms with Gasteiger partial charge in [0.15, 0.2) is 0 Å². The van der Waals surface area contributed by atoms with Gasteiger partial charge in [0.1, 0.15) is 0 Å². The number of nitrogens with one attached hydrogen (secondary N) is 1. The molecular formula is C9H17Cl2N3. The highest BCUT2D eigenvalue weighted by molar-refractivity contribution is 5.85. The molecule has 82 valence electrons. The van der Waals surface area contributed by atoms with Crippen molar-refractivity contribution >= 4 is 24.8 Å². The molecule has 0 radical (unpaired) electrons. The molecule has 1 aliphatic rings. The molecule has 1 aromatic rings. The summed E-state index contributed by atoms with van der Waals surface area (Å²) in [6.45, 7) is 7.54. The van der Waals surface area contributed by atoms with E-state index in [-0.39, 0.29) is 24.8 Å². The smallest absolute Gasteiger partial charge is 0.0596 e. The van der Waals surface area contributed by atoms with E-state index in [4.69, 9.17) is 0 Å². The van der Waals surface area contributed by atoms with E-state index in [0.29, 0.717) is 0 Å². The SMILES string of the molecule is Cc1cc(C)n(CC2CNC2)n1.Cl.Cl. The minimum absolute atomic E-state index is 0. The van der Waals surface area contributed by atoms with Gasteiger partial charge in [-0.2, -0.15) is 5.10 Å². The van der Waals surface area contributed by atoms with E-state index in [9.17, 15) is 0 Å². The van der Waals surface area contributed by atoms with Crippen LogP contribution in [0.25, 0.3) is 0 Å². The Morgan fingerprint density at radius 3 is 2.43 bits per heavy atom. The molecule has 0 aliphatic carbocycles. The van der Waals surface area contributed by atoms with Crippen LogP contribution in [0.3, 0.4) is 0 Å². The van der Waals surface area contributed by atoms with Crippen LogP contribution in [-0.2, 0) is 6.54 Å². The minimum atomic E-state index is 0. The molecule has 0 saturated carbocycles. The minimum Gasteiger partial charge on any atom is -0.316 e. The van der Waals surface area contributed by atoms with Crippen LogP contribution < -0.4 is 5.32 Å². The summed E-state index contributed by atoms with van der Waals surface area (Å²) in [5.74, 6) is 0.794. The summed E-state index contributed by atoms with van der Waals surface area (Å²) >= 11 is 0. The summed E-state index contributed by atoms with van der Waals surface area (Å²) in [4.78, 5) is 0. The van der Waals surface area contributed by atoms with Crippen molar-refractivity contribution in [2.75, 3.05) is 13.1 Å². The topological polar surface area (TPSA) is 29.9 Å². The molecule has 5 heteroatoms. The van der Waals surface area contributed by atoms with Crippen LogP contribution in [0.4, 0.5) is 0 Å². The summed E-state index contributed by atoms with van der Waals surface area (Å²) in [6.07, 6.45) is 0. The van der Waals surface area contributed by atoms with Gasteiger partial charge >= 0.3 is 0 Å². The normalized spacial score (nSPS) is 15.3. The Morgan fingerprint density at radius 1 is 1.43 bits per heavy atom. The lowest BCUT2D eigenvalue weighted by Gasteiger charge is -2.27. The van der Waals surface area contributed by atoms with E-state index in [0.717, 1.165) is 31.2 Å². The summed E-state index contributed by atoms with van der Waals surface area (Å²) < 4.78 is 2.11. The molecule has 0 amide bonds. The molecule has 1 fully saturated rings. The summed E-state index contributed by atoms with van der Waals surface area (Å²) in [7, 11) is 0. The second-order valence-electron chi connectivity index (χ2n) is 3.63. The number of aromatic nitrogens is 2. The van der Waals surface area contributed by atoms with E-state index < -0.39 is 0 Å². The largest absolute Gasteiger partial charge is 0.316 e. The zero-order valence-electron chi connectivity index (χ0n) is 8.49. The molecule has 0 spiro atoms.